The molecule has 1 unspecified atom stereocenters. The smallest absolute Gasteiger partial charge is 0.226 e. The molecule has 0 aromatic carbocycles. The first-order valence-corrected chi connectivity index (χ1v) is 8.66. The van der Waals surface area contributed by atoms with Crippen LogP contribution in [0.3, 0.4) is 0 Å². The number of aryl methyl sites for hydroxylation is 3. The van der Waals surface area contributed by atoms with Crippen LogP contribution in [0.15, 0.2) is 17.8 Å². The third kappa shape index (κ3) is 3.09. The van der Waals surface area contributed by atoms with Crippen LogP contribution in [0.1, 0.15) is 43.5 Å². The predicted molar refractivity (Wildman–Crippen MR) is 91.1 cm³/mol. The van der Waals surface area contributed by atoms with Crippen LogP contribution >= 0.6 is 0 Å². The number of carbonyl (C=O) groups excluding carboxylic acids is 2. The second-order valence-corrected chi connectivity index (χ2v) is 7.04. The maximum Gasteiger partial charge on any atom is 0.226 e. The van der Waals surface area contributed by atoms with Gasteiger partial charge in [0, 0.05) is 49.8 Å². The molecule has 130 valence electrons. The monoisotopic (exact) mass is 330 g/mol. The molecule has 0 bridgehead atoms. The fourth-order valence-corrected chi connectivity index (χ4v) is 3.96. The second kappa shape index (κ2) is 6.42. The number of nitrogens with one attached hydrogen (secondary N) is 1. The van der Waals surface area contributed by atoms with E-state index in [1.165, 1.54) is 0 Å². The minimum absolute atomic E-state index is 0.0442. The number of aromatic nitrogens is 2. The Balaban J connectivity index is 1.55. The number of hydrogen-bond donors (Lipinski definition) is 1. The predicted octanol–water partition coefficient (Wildman–Crippen LogP) is 1.92. The van der Waals surface area contributed by atoms with E-state index in [9.17, 15) is 9.59 Å². The molecule has 1 saturated heterocycles. The van der Waals surface area contributed by atoms with Gasteiger partial charge in [-0.2, -0.15) is 5.10 Å². The van der Waals surface area contributed by atoms with E-state index in [2.05, 4.69) is 16.5 Å². The Morgan fingerprint density at radius 3 is 2.88 bits per heavy atom. The minimum Gasteiger partial charge on any atom is -0.355 e. The van der Waals surface area contributed by atoms with E-state index in [0.29, 0.717) is 25.9 Å². The van der Waals surface area contributed by atoms with Crippen molar-refractivity contribution in [3.8, 4) is 0 Å². The molecule has 2 heterocycles. The third-order valence-corrected chi connectivity index (χ3v) is 5.33. The van der Waals surface area contributed by atoms with Gasteiger partial charge in [0.1, 0.15) is 0 Å². The van der Waals surface area contributed by atoms with Crippen molar-refractivity contribution >= 4 is 11.8 Å². The molecule has 1 aromatic heterocycles. The Kier molecular flexibility index (Phi) is 4.47. The molecule has 6 heteroatoms. The number of fused-ring (bicyclic) bond motifs is 1. The van der Waals surface area contributed by atoms with Crippen molar-refractivity contribution in [2.75, 3.05) is 13.6 Å². The van der Waals surface area contributed by atoms with Crippen LogP contribution in [0, 0.1) is 19.3 Å². The van der Waals surface area contributed by atoms with Crippen molar-refractivity contribution in [3.63, 3.8) is 0 Å². The van der Waals surface area contributed by atoms with E-state index in [-0.39, 0.29) is 17.2 Å². The summed E-state index contributed by atoms with van der Waals surface area (Å²) in [5.74, 6) is 0.220. The lowest BCUT2D eigenvalue weighted by Crippen LogP contribution is -2.46. The van der Waals surface area contributed by atoms with Crippen LogP contribution in [0.4, 0.5) is 0 Å². The molecule has 0 radical (unpaired) electrons. The molecule has 1 aliphatic heterocycles. The zero-order valence-corrected chi connectivity index (χ0v) is 14.8. The summed E-state index contributed by atoms with van der Waals surface area (Å²) in [5, 5.41) is 7.47. The molecule has 1 aliphatic carbocycles. The maximum absolute atomic E-state index is 12.3. The Labute approximate surface area is 142 Å². The number of carbonyl (C=O) groups is 2. The Hall–Kier alpha value is -2.11. The van der Waals surface area contributed by atoms with Gasteiger partial charge in [-0.05, 0) is 39.2 Å². The highest BCUT2D eigenvalue weighted by Crippen LogP contribution is 2.46. The van der Waals surface area contributed by atoms with E-state index in [4.69, 9.17) is 0 Å². The topological polar surface area (TPSA) is 67.2 Å². The molecular weight excluding hydrogens is 304 g/mol. The maximum atomic E-state index is 12.3. The first kappa shape index (κ1) is 16.7. The van der Waals surface area contributed by atoms with Crippen molar-refractivity contribution in [1.82, 2.24) is 20.0 Å². The number of allylic oxidation sites excluding steroid dienone is 1. The quantitative estimate of drug-likeness (QED) is 0.897. The van der Waals surface area contributed by atoms with Gasteiger partial charge in [-0.3, -0.25) is 14.3 Å². The summed E-state index contributed by atoms with van der Waals surface area (Å²) in [4.78, 5) is 25.9. The fraction of sp³-hybridized carbons (Fsp3) is 0.611. The normalized spacial score (nSPS) is 23.2. The van der Waals surface area contributed by atoms with Crippen molar-refractivity contribution < 1.29 is 9.59 Å². The molecule has 1 atom stereocenters. The summed E-state index contributed by atoms with van der Waals surface area (Å²) in [7, 11) is 1.85. The fourth-order valence-electron chi connectivity index (χ4n) is 3.96. The Morgan fingerprint density at radius 2 is 2.17 bits per heavy atom. The van der Waals surface area contributed by atoms with E-state index >= 15 is 0 Å². The van der Waals surface area contributed by atoms with Gasteiger partial charge in [-0.1, -0.05) is 6.08 Å². The Bertz CT molecular complexity index is 691. The first-order chi connectivity index (χ1) is 11.4. The van der Waals surface area contributed by atoms with Crippen molar-refractivity contribution in [2.24, 2.45) is 5.41 Å². The van der Waals surface area contributed by atoms with E-state index < -0.39 is 0 Å². The van der Waals surface area contributed by atoms with Crippen LogP contribution in [-0.2, 0) is 16.1 Å². The highest BCUT2D eigenvalue weighted by molar-refractivity contribution is 5.80. The summed E-state index contributed by atoms with van der Waals surface area (Å²) in [6.07, 6.45) is 5.96. The van der Waals surface area contributed by atoms with Gasteiger partial charge < -0.3 is 10.2 Å². The van der Waals surface area contributed by atoms with Crippen LogP contribution in [0.2, 0.25) is 0 Å². The summed E-state index contributed by atoms with van der Waals surface area (Å²) >= 11 is 0. The van der Waals surface area contributed by atoms with Gasteiger partial charge in [0.2, 0.25) is 11.8 Å². The molecule has 1 N–H and O–H groups in total. The lowest BCUT2D eigenvalue weighted by molar-refractivity contribution is -0.132. The van der Waals surface area contributed by atoms with Crippen LogP contribution < -0.4 is 5.32 Å². The lowest BCUT2D eigenvalue weighted by Gasteiger charge is -2.41. The molecule has 1 fully saturated rings. The number of likely N-dealkylation sites (tertiary alicyclic amines) is 1. The minimum atomic E-state index is -0.0590. The second-order valence-electron chi connectivity index (χ2n) is 7.04. The molecule has 0 spiro atoms. The summed E-state index contributed by atoms with van der Waals surface area (Å²) in [6.45, 7) is 5.17. The van der Waals surface area contributed by atoms with Crippen LogP contribution in [0.25, 0.3) is 0 Å². The van der Waals surface area contributed by atoms with Crippen molar-refractivity contribution in [3.05, 3.63) is 29.2 Å². The molecule has 1 aromatic rings. The van der Waals surface area contributed by atoms with Gasteiger partial charge >= 0.3 is 0 Å². The highest BCUT2D eigenvalue weighted by Gasteiger charge is 2.44. The van der Waals surface area contributed by atoms with Gasteiger partial charge in [0.05, 0.1) is 5.69 Å². The molecule has 24 heavy (non-hydrogen) atoms. The largest absolute Gasteiger partial charge is 0.355 e. The van der Waals surface area contributed by atoms with E-state index in [1.807, 2.05) is 31.6 Å². The highest BCUT2D eigenvalue weighted by atomic mass is 16.2. The number of nitrogens with zero attached hydrogens (tertiary/aromatic N) is 3. The van der Waals surface area contributed by atoms with Gasteiger partial charge in [0.25, 0.3) is 0 Å². The lowest BCUT2D eigenvalue weighted by atomic mass is 9.77. The Morgan fingerprint density at radius 1 is 1.38 bits per heavy atom. The van der Waals surface area contributed by atoms with Gasteiger partial charge in [-0.25, -0.2) is 0 Å². The first-order valence-electron chi connectivity index (χ1n) is 8.66. The standard InChI is InChI=1S/C18H26N4O2/c1-13-11-14(2)22(20-13)10-7-16(23)19-12-18-8-4-5-15(18)21(3)17(24)6-9-18/h5,11H,4,6-10,12H2,1-3H3,(H,19,23). The van der Waals surface area contributed by atoms with Crippen molar-refractivity contribution in [2.45, 2.75) is 52.5 Å². The molecule has 2 amide bonds. The van der Waals surface area contributed by atoms with Crippen LogP contribution in [-0.4, -0.2) is 40.1 Å². The van der Waals surface area contributed by atoms with Crippen molar-refractivity contribution in [1.29, 1.82) is 0 Å². The van der Waals surface area contributed by atoms with Gasteiger partial charge in [-0.15, -0.1) is 0 Å². The molecule has 2 aliphatic rings. The molecule has 3 rings (SSSR count). The van der Waals surface area contributed by atoms with Crippen LogP contribution in [0.5, 0.6) is 0 Å². The van der Waals surface area contributed by atoms with Gasteiger partial charge in [0.15, 0.2) is 0 Å². The zero-order valence-electron chi connectivity index (χ0n) is 14.8. The number of piperidine rings is 1. The average molecular weight is 330 g/mol. The van der Waals surface area contributed by atoms with E-state index in [1.54, 1.807) is 4.90 Å². The SMILES string of the molecule is Cc1cc(C)n(CCC(=O)NCC23CCC=C2N(C)C(=O)CC3)n1. The third-order valence-electron chi connectivity index (χ3n) is 5.33. The number of amides is 2. The average Bonchev–Trinajstić information content (AvgIpc) is 3.11. The summed E-state index contributed by atoms with van der Waals surface area (Å²) in [6, 6.07) is 2.02. The summed E-state index contributed by atoms with van der Waals surface area (Å²) in [5.41, 5.74) is 3.09. The number of hydrogen-bond acceptors (Lipinski definition) is 3. The molecule has 0 saturated carbocycles. The molecular formula is C18H26N4O2. The summed E-state index contributed by atoms with van der Waals surface area (Å²) < 4.78 is 1.88. The number of rotatable bonds is 5. The van der Waals surface area contributed by atoms with E-state index in [0.717, 1.165) is 36.3 Å². The zero-order chi connectivity index (χ0) is 17.3. The molecule has 6 nitrogen and oxygen atoms in total.